The lowest BCUT2D eigenvalue weighted by Crippen LogP contribution is -2.48. The third kappa shape index (κ3) is 4.79. The maximum atomic E-state index is 11.8. The molecule has 200 valence electrons. The van der Waals surface area contributed by atoms with Crippen LogP contribution >= 0.6 is 0 Å². The van der Waals surface area contributed by atoms with E-state index in [9.17, 15) is 8.42 Å². The van der Waals surface area contributed by atoms with Crippen LogP contribution in [0.5, 0.6) is 0 Å². The van der Waals surface area contributed by atoms with Gasteiger partial charge in [-0.25, -0.2) is 13.1 Å². The highest BCUT2D eigenvalue weighted by Crippen LogP contribution is 2.59. The molecule has 5 aliphatic rings. The second-order valence-electron chi connectivity index (χ2n) is 13.6. The molecule has 5 rings (SSSR count). The van der Waals surface area contributed by atoms with Gasteiger partial charge in [0, 0.05) is 18.0 Å². The van der Waals surface area contributed by atoms with Crippen LogP contribution in [-0.4, -0.2) is 45.0 Å². The molecule has 10 unspecified atom stereocenters. The summed E-state index contributed by atoms with van der Waals surface area (Å²) < 4.78 is 33.6. The molecule has 2 saturated carbocycles. The number of hydrogen-bond donors (Lipinski definition) is 2. The van der Waals surface area contributed by atoms with E-state index in [1.54, 1.807) is 11.1 Å². The first kappa shape index (κ1) is 26.2. The molecule has 2 saturated heterocycles. The lowest BCUT2D eigenvalue weighted by atomic mass is 9.58. The fourth-order valence-electron chi connectivity index (χ4n) is 9.33. The highest BCUT2D eigenvalue weighted by molar-refractivity contribution is 7.88. The van der Waals surface area contributed by atoms with Gasteiger partial charge in [0.05, 0.1) is 18.0 Å². The Morgan fingerprint density at radius 2 is 1.91 bits per heavy atom. The highest BCUT2D eigenvalue weighted by Gasteiger charge is 2.56. The summed E-state index contributed by atoms with van der Waals surface area (Å²) in [5, 5.41) is 3.84. The molecule has 10 atom stereocenters. The molecule has 0 amide bonds. The Balaban J connectivity index is 1.31. The van der Waals surface area contributed by atoms with Crippen molar-refractivity contribution in [2.45, 2.75) is 123 Å². The smallest absolute Gasteiger partial charge is 0.208 e. The summed E-state index contributed by atoms with van der Waals surface area (Å²) in [6.45, 7) is 13.2. The average molecular weight is 507 g/mol. The first-order valence-electron chi connectivity index (χ1n) is 14.5. The van der Waals surface area contributed by atoms with Crippen molar-refractivity contribution in [3.63, 3.8) is 0 Å². The van der Waals surface area contributed by atoms with Gasteiger partial charge in [-0.3, -0.25) is 0 Å². The van der Waals surface area contributed by atoms with E-state index in [0.29, 0.717) is 41.2 Å². The molecule has 0 radical (unpaired) electrons. The molecule has 4 fully saturated rings. The minimum Gasteiger partial charge on any atom is -0.369 e. The molecule has 0 aromatic heterocycles. The van der Waals surface area contributed by atoms with Gasteiger partial charge in [-0.05, 0) is 100 Å². The van der Waals surface area contributed by atoms with Crippen LogP contribution in [0.15, 0.2) is 11.1 Å². The van der Waals surface area contributed by atoms with Crippen molar-refractivity contribution < 1.29 is 13.2 Å². The lowest BCUT2D eigenvalue weighted by molar-refractivity contribution is -0.0713. The Morgan fingerprint density at radius 3 is 2.63 bits per heavy atom. The summed E-state index contributed by atoms with van der Waals surface area (Å²) in [5.41, 5.74) is 3.71. The number of fused-ring (bicyclic) bond motifs is 2. The Morgan fingerprint density at radius 1 is 1.14 bits per heavy atom. The third-order valence-corrected chi connectivity index (χ3v) is 12.1. The van der Waals surface area contributed by atoms with Gasteiger partial charge in [0.2, 0.25) is 10.0 Å². The van der Waals surface area contributed by atoms with Crippen molar-refractivity contribution in [2.75, 3.05) is 12.8 Å². The van der Waals surface area contributed by atoms with Crippen LogP contribution in [0.25, 0.3) is 0 Å². The molecule has 1 spiro atoms. The summed E-state index contributed by atoms with van der Waals surface area (Å²) in [7, 11) is -3.14. The molecule has 0 aromatic rings. The van der Waals surface area contributed by atoms with Gasteiger partial charge >= 0.3 is 0 Å². The summed E-state index contributed by atoms with van der Waals surface area (Å²) >= 11 is 0. The van der Waals surface area contributed by atoms with E-state index in [1.807, 2.05) is 0 Å². The molecule has 2 N–H and O–H groups in total. The van der Waals surface area contributed by atoms with Gasteiger partial charge in [-0.15, -0.1) is 0 Å². The first-order valence-corrected chi connectivity index (χ1v) is 16.4. The molecule has 2 heterocycles. The zero-order chi connectivity index (χ0) is 25.2. The zero-order valence-electron chi connectivity index (χ0n) is 23.0. The van der Waals surface area contributed by atoms with Crippen molar-refractivity contribution in [3.05, 3.63) is 11.1 Å². The minimum absolute atomic E-state index is 0.0224. The Labute approximate surface area is 214 Å². The fourth-order valence-corrected chi connectivity index (χ4v) is 10.1. The van der Waals surface area contributed by atoms with Gasteiger partial charge < -0.3 is 10.1 Å². The average Bonchev–Trinajstić information content (AvgIpc) is 3.29. The monoisotopic (exact) mass is 506 g/mol. The molecule has 0 bridgehead atoms. The van der Waals surface area contributed by atoms with E-state index in [0.717, 1.165) is 44.6 Å². The number of ether oxygens (including phenoxy) is 1. The number of sulfonamides is 1. The van der Waals surface area contributed by atoms with E-state index >= 15 is 0 Å². The van der Waals surface area contributed by atoms with E-state index in [-0.39, 0.29) is 11.6 Å². The molecular weight excluding hydrogens is 456 g/mol. The van der Waals surface area contributed by atoms with E-state index < -0.39 is 10.0 Å². The van der Waals surface area contributed by atoms with Crippen molar-refractivity contribution in [1.82, 2.24) is 10.0 Å². The van der Waals surface area contributed by atoms with Gasteiger partial charge in [-0.1, -0.05) is 45.3 Å². The molecule has 6 heteroatoms. The van der Waals surface area contributed by atoms with Gasteiger partial charge in [-0.2, -0.15) is 0 Å². The van der Waals surface area contributed by atoms with E-state index in [2.05, 4.69) is 44.7 Å². The lowest BCUT2D eigenvalue weighted by Gasteiger charge is -2.48. The molecule has 35 heavy (non-hydrogen) atoms. The second kappa shape index (κ2) is 9.39. The molecule has 2 aliphatic heterocycles. The van der Waals surface area contributed by atoms with Crippen LogP contribution in [0.4, 0.5) is 0 Å². The fraction of sp³-hybridized carbons (Fsp3) is 0.931. The Bertz CT molecular complexity index is 948. The standard InChI is InChI=1S/C29H50N2O3S/c1-7-22-14-24(31-35(6,32)33)9-10-28(22,5)23-13-21-8-11-29(16-19(3)25(21)15-23)20(4)27-26(34-29)12-18(2)17-30-27/h18,20-24,26-27,30-31H,7-17H2,1-6H3. The number of hydrogen-bond acceptors (Lipinski definition) is 4. The maximum Gasteiger partial charge on any atom is 0.208 e. The first-order chi connectivity index (χ1) is 16.4. The Kier molecular flexibility index (Phi) is 7.03. The number of piperidine rings is 1. The minimum atomic E-state index is -3.14. The van der Waals surface area contributed by atoms with Crippen LogP contribution in [0.3, 0.4) is 0 Å². The van der Waals surface area contributed by atoms with Crippen LogP contribution in [0.2, 0.25) is 0 Å². The SMILES string of the molecule is CCC1CC(NS(C)(=O)=O)CCC1(C)C1CC2=C(C)CC3(CCC2C1)OC1CC(C)CNC1C3C. The van der Waals surface area contributed by atoms with Crippen molar-refractivity contribution in [1.29, 1.82) is 0 Å². The predicted molar refractivity (Wildman–Crippen MR) is 143 cm³/mol. The largest absolute Gasteiger partial charge is 0.369 e. The predicted octanol–water partition coefficient (Wildman–Crippen LogP) is 5.42. The van der Waals surface area contributed by atoms with Gasteiger partial charge in [0.25, 0.3) is 0 Å². The molecule has 5 nitrogen and oxygen atoms in total. The number of nitrogens with one attached hydrogen (secondary N) is 2. The quantitative estimate of drug-likeness (QED) is 0.500. The van der Waals surface area contributed by atoms with Gasteiger partial charge in [0.1, 0.15) is 0 Å². The number of allylic oxidation sites excluding steroid dienone is 1. The normalized spacial score (nSPS) is 48.6. The second-order valence-corrected chi connectivity index (χ2v) is 15.4. The molecular formula is C29H50N2O3S. The summed E-state index contributed by atoms with van der Waals surface area (Å²) in [6, 6.07) is 0.631. The summed E-state index contributed by atoms with van der Waals surface area (Å²) in [6.07, 6.45) is 13.3. The van der Waals surface area contributed by atoms with Crippen molar-refractivity contribution in [3.8, 4) is 0 Å². The van der Waals surface area contributed by atoms with Crippen LogP contribution in [-0.2, 0) is 14.8 Å². The van der Waals surface area contributed by atoms with E-state index in [4.69, 9.17) is 4.74 Å². The van der Waals surface area contributed by atoms with Crippen molar-refractivity contribution >= 4 is 10.0 Å². The topological polar surface area (TPSA) is 67.4 Å². The van der Waals surface area contributed by atoms with Crippen LogP contribution in [0, 0.1) is 35.0 Å². The molecule has 0 aromatic carbocycles. The molecule has 3 aliphatic carbocycles. The summed E-state index contributed by atoms with van der Waals surface area (Å²) in [5.74, 6) is 3.31. The number of rotatable bonds is 4. The third-order valence-electron chi connectivity index (χ3n) is 11.4. The Hall–Kier alpha value is -0.430. The van der Waals surface area contributed by atoms with Crippen molar-refractivity contribution in [2.24, 2.45) is 35.0 Å². The van der Waals surface area contributed by atoms with Crippen LogP contribution < -0.4 is 10.0 Å². The van der Waals surface area contributed by atoms with Gasteiger partial charge in [0.15, 0.2) is 0 Å². The summed E-state index contributed by atoms with van der Waals surface area (Å²) in [4.78, 5) is 0. The zero-order valence-corrected chi connectivity index (χ0v) is 23.8. The maximum absolute atomic E-state index is 11.8. The highest BCUT2D eigenvalue weighted by atomic mass is 32.2. The van der Waals surface area contributed by atoms with E-state index in [1.165, 1.54) is 38.4 Å². The van der Waals surface area contributed by atoms with Crippen LogP contribution in [0.1, 0.15) is 98.8 Å².